The van der Waals surface area contributed by atoms with Crippen LogP contribution in [0.1, 0.15) is 22.3 Å². The molecular formula is C22H23N5O2. The summed E-state index contributed by atoms with van der Waals surface area (Å²) >= 11 is 0. The van der Waals surface area contributed by atoms with Crippen LogP contribution in [0.25, 0.3) is 11.3 Å². The minimum atomic E-state index is -0.596. The second kappa shape index (κ2) is 8.97. The van der Waals surface area contributed by atoms with Gasteiger partial charge in [0.15, 0.2) is 0 Å². The van der Waals surface area contributed by atoms with Crippen LogP contribution in [0.5, 0.6) is 5.75 Å². The zero-order chi connectivity index (χ0) is 20.8. The molecule has 2 aromatic carbocycles. The highest BCUT2D eigenvalue weighted by Crippen LogP contribution is 2.30. The number of urea groups is 1. The molecule has 0 aliphatic heterocycles. The van der Waals surface area contributed by atoms with Gasteiger partial charge in [-0.25, -0.2) is 10.2 Å². The average Bonchev–Trinajstić information content (AvgIpc) is 2.69. The van der Waals surface area contributed by atoms with E-state index in [9.17, 15) is 4.79 Å². The fourth-order valence-corrected chi connectivity index (χ4v) is 3.09. The predicted molar refractivity (Wildman–Crippen MR) is 112 cm³/mol. The van der Waals surface area contributed by atoms with Crippen molar-refractivity contribution in [3.8, 4) is 17.0 Å². The van der Waals surface area contributed by atoms with Crippen LogP contribution in [0.4, 0.5) is 10.5 Å². The lowest BCUT2D eigenvalue weighted by Crippen LogP contribution is -2.23. The Labute approximate surface area is 169 Å². The van der Waals surface area contributed by atoms with Gasteiger partial charge in [0.05, 0.1) is 11.4 Å². The molecule has 3 rings (SSSR count). The van der Waals surface area contributed by atoms with E-state index in [0.29, 0.717) is 18.0 Å². The van der Waals surface area contributed by atoms with Gasteiger partial charge < -0.3 is 10.1 Å². The second-order valence-corrected chi connectivity index (χ2v) is 6.73. The van der Waals surface area contributed by atoms with E-state index in [1.807, 2.05) is 62.6 Å². The Bertz CT molecular complexity index is 1050. The number of amides is 2. The monoisotopic (exact) mass is 389 g/mol. The molecule has 3 N–H and O–H groups in total. The summed E-state index contributed by atoms with van der Waals surface area (Å²) in [5.41, 5.74) is 15.5. The van der Waals surface area contributed by atoms with Crippen molar-refractivity contribution in [1.82, 2.24) is 10.4 Å². The smallest absolute Gasteiger partial charge is 0.341 e. The first-order valence-corrected chi connectivity index (χ1v) is 9.17. The van der Waals surface area contributed by atoms with Gasteiger partial charge >= 0.3 is 6.03 Å². The lowest BCUT2D eigenvalue weighted by atomic mass is 10.0. The number of carbonyl (C=O) groups excluding carboxylic acids is 1. The molecule has 148 valence electrons. The number of nitrogens with one attached hydrogen (secondary N) is 3. The predicted octanol–water partition coefficient (Wildman–Crippen LogP) is 5.32. The number of hydrogen-bond acceptors (Lipinski definition) is 5. The normalized spacial score (nSPS) is 10.3. The molecule has 0 radical (unpaired) electrons. The molecule has 0 unspecified atom stereocenters. The van der Waals surface area contributed by atoms with Crippen LogP contribution in [0, 0.1) is 26.3 Å². The molecule has 0 fully saturated rings. The molecule has 0 spiro atoms. The van der Waals surface area contributed by atoms with Gasteiger partial charge in [-0.2, -0.15) is 5.53 Å². The number of aromatic nitrogens is 1. The lowest BCUT2D eigenvalue weighted by molar-refractivity contribution is 0.251. The molecule has 0 saturated carbocycles. The quantitative estimate of drug-likeness (QED) is 0.393. The van der Waals surface area contributed by atoms with Crippen LogP contribution in [-0.2, 0) is 6.61 Å². The number of benzene rings is 2. The molecule has 0 saturated heterocycles. The van der Waals surface area contributed by atoms with E-state index in [0.717, 1.165) is 33.5 Å². The highest BCUT2D eigenvalue weighted by Gasteiger charge is 2.12. The van der Waals surface area contributed by atoms with Crippen molar-refractivity contribution in [3.05, 3.63) is 77.0 Å². The van der Waals surface area contributed by atoms with Crippen LogP contribution >= 0.6 is 0 Å². The lowest BCUT2D eigenvalue weighted by Gasteiger charge is -2.16. The van der Waals surface area contributed by atoms with Crippen LogP contribution in [0.3, 0.4) is 0 Å². The summed E-state index contributed by atoms with van der Waals surface area (Å²) in [7, 11) is 0. The third kappa shape index (κ3) is 4.76. The number of para-hydroxylation sites is 1. The van der Waals surface area contributed by atoms with Gasteiger partial charge in [-0.3, -0.25) is 4.98 Å². The SMILES string of the molecule is Cc1cc(-c2ncccc2C)ccc1COc1c(C)cccc1NC(=O)NN=N. The van der Waals surface area contributed by atoms with Crippen molar-refractivity contribution in [2.75, 3.05) is 5.32 Å². The third-order valence-electron chi connectivity index (χ3n) is 4.62. The number of carbonyl (C=O) groups is 1. The zero-order valence-corrected chi connectivity index (χ0v) is 16.6. The maximum atomic E-state index is 11.7. The van der Waals surface area contributed by atoms with Gasteiger partial charge in [0.1, 0.15) is 12.4 Å². The number of nitrogens with zero attached hydrogens (tertiary/aromatic N) is 2. The van der Waals surface area contributed by atoms with Crippen LogP contribution in [-0.4, -0.2) is 11.0 Å². The Morgan fingerprint density at radius 2 is 1.86 bits per heavy atom. The van der Waals surface area contributed by atoms with E-state index in [-0.39, 0.29) is 0 Å². The molecule has 7 nitrogen and oxygen atoms in total. The number of anilines is 1. The van der Waals surface area contributed by atoms with Gasteiger partial charge in [0.25, 0.3) is 0 Å². The van der Waals surface area contributed by atoms with Crippen molar-refractivity contribution in [2.45, 2.75) is 27.4 Å². The molecule has 3 aromatic rings. The minimum Gasteiger partial charge on any atom is -0.486 e. The van der Waals surface area contributed by atoms with Crippen molar-refractivity contribution in [1.29, 1.82) is 5.53 Å². The maximum absolute atomic E-state index is 11.7. The molecule has 1 heterocycles. The number of hydrogen-bond donors (Lipinski definition) is 3. The highest BCUT2D eigenvalue weighted by molar-refractivity contribution is 5.90. The second-order valence-electron chi connectivity index (χ2n) is 6.73. The maximum Gasteiger partial charge on any atom is 0.341 e. The van der Waals surface area contributed by atoms with Gasteiger partial charge in [-0.1, -0.05) is 35.6 Å². The van der Waals surface area contributed by atoms with Gasteiger partial charge in [0, 0.05) is 11.8 Å². The third-order valence-corrected chi connectivity index (χ3v) is 4.62. The summed E-state index contributed by atoms with van der Waals surface area (Å²) in [6.07, 6.45) is 1.80. The Hall–Kier alpha value is -3.74. The van der Waals surface area contributed by atoms with E-state index in [4.69, 9.17) is 10.3 Å². The largest absolute Gasteiger partial charge is 0.486 e. The fourth-order valence-electron chi connectivity index (χ4n) is 3.09. The van der Waals surface area contributed by atoms with Crippen molar-refractivity contribution < 1.29 is 9.53 Å². The fraction of sp³-hybridized carbons (Fsp3) is 0.182. The average molecular weight is 389 g/mol. The molecule has 0 aliphatic rings. The molecule has 0 atom stereocenters. The van der Waals surface area contributed by atoms with E-state index in [1.165, 1.54) is 0 Å². The Morgan fingerprint density at radius 1 is 1.07 bits per heavy atom. The first kappa shape index (κ1) is 20.0. The van der Waals surface area contributed by atoms with E-state index in [1.54, 1.807) is 12.3 Å². The van der Waals surface area contributed by atoms with Gasteiger partial charge in [0.2, 0.25) is 0 Å². The van der Waals surface area contributed by atoms with E-state index in [2.05, 4.69) is 21.6 Å². The highest BCUT2D eigenvalue weighted by atomic mass is 16.5. The summed E-state index contributed by atoms with van der Waals surface area (Å²) in [6.45, 7) is 6.36. The summed E-state index contributed by atoms with van der Waals surface area (Å²) < 4.78 is 6.05. The zero-order valence-electron chi connectivity index (χ0n) is 16.6. The van der Waals surface area contributed by atoms with Crippen molar-refractivity contribution in [2.24, 2.45) is 5.22 Å². The number of pyridine rings is 1. The Balaban J connectivity index is 1.79. The summed E-state index contributed by atoms with van der Waals surface area (Å²) in [5.74, 6) is 0.580. The molecule has 0 bridgehead atoms. The Morgan fingerprint density at radius 3 is 2.59 bits per heavy atom. The molecule has 2 amide bonds. The molecular weight excluding hydrogens is 366 g/mol. The summed E-state index contributed by atoms with van der Waals surface area (Å²) in [5, 5.41) is 5.51. The van der Waals surface area contributed by atoms with Crippen LogP contribution in [0.2, 0.25) is 0 Å². The number of aryl methyl sites for hydroxylation is 3. The van der Waals surface area contributed by atoms with Crippen molar-refractivity contribution >= 4 is 11.7 Å². The van der Waals surface area contributed by atoms with Gasteiger partial charge in [-0.15, -0.1) is 0 Å². The Kier molecular flexibility index (Phi) is 6.19. The van der Waals surface area contributed by atoms with Crippen molar-refractivity contribution in [3.63, 3.8) is 0 Å². The van der Waals surface area contributed by atoms with Crippen LogP contribution in [0.15, 0.2) is 60.0 Å². The standard InChI is InChI=1S/C22H23N5O2/c1-14-7-5-11-24-20(14)17-9-10-18(16(3)12-17)13-29-21-15(2)6-4-8-19(21)25-22(28)26-27-23/h4-12H,13H2,1-3H3,(H3,23,25,26,28). The first-order valence-electron chi connectivity index (χ1n) is 9.17. The summed E-state index contributed by atoms with van der Waals surface area (Å²) in [4.78, 5) is 16.2. The first-order chi connectivity index (χ1) is 14.0. The topological polar surface area (TPSA) is 99.5 Å². The minimum absolute atomic E-state index is 0.358. The molecule has 7 heteroatoms. The van der Waals surface area contributed by atoms with E-state index >= 15 is 0 Å². The van der Waals surface area contributed by atoms with Crippen LogP contribution < -0.4 is 15.5 Å². The summed E-state index contributed by atoms with van der Waals surface area (Å²) in [6, 6.07) is 15.0. The number of rotatable bonds is 6. The van der Waals surface area contributed by atoms with E-state index < -0.39 is 6.03 Å². The molecule has 1 aromatic heterocycles. The molecule has 0 aliphatic carbocycles. The van der Waals surface area contributed by atoms with Gasteiger partial charge in [-0.05, 0) is 61.2 Å². The molecule has 29 heavy (non-hydrogen) atoms. The number of ether oxygens (including phenoxy) is 1.